The Morgan fingerprint density at radius 1 is 0.667 bits per heavy atom. The lowest BCUT2D eigenvalue weighted by atomic mass is 10.2. The van der Waals surface area contributed by atoms with Gasteiger partial charge in [-0.1, -0.05) is 0 Å². The van der Waals surface area contributed by atoms with Crippen LogP contribution in [0.4, 0.5) is 0 Å². The predicted octanol–water partition coefficient (Wildman–Crippen LogP) is 1.41. The van der Waals surface area contributed by atoms with E-state index < -0.39 is 0 Å². The molecule has 2 aliphatic heterocycles. The Kier molecular flexibility index (Phi) is 2.66. The molecule has 0 aliphatic carbocycles. The van der Waals surface area contributed by atoms with E-state index in [1.165, 1.54) is 56.3 Å². The van der Waals surface area contributed by atoms with Crippen LogP contribution in [0.25, 0.3) is 0 Å². The van der Waals surface area contributed by atoms with E-state index >= 15 is 0 Å². The molecule has 2 fully saturated rings. The minimum Gasteiger partial charge on any atom is -0.370 e. The van der Waals surface area contributed by atoms with Crippen LogP contribution in [0.2, 0.25) is 0 Å². The van der Waals surface area contributed by atoms with Gasteiger partial charge in [-0.3, -0.25) is 0 Å². The highest BCUT2D eigenvalue weighted by Crippen LogP contribution is 2.19. The first kappa shape index (κ1) is 8.52. The number of nitrogens with zero attached hydrogens (tertiary/aromatic N) is 1. The topological polar surface area (TPSA) is 9.23 Å². The van der Waals surface area contributed by atoms with Crippen LogP contribution >= 0.6 is 0 Å². The normalized spacial score (nSPS) is 30.0. The molecule has 0 radical (unpaired) electrons. The number of quaternary nitrogens is 1. The van der Waals surface area contributed by atoms with Crippen molar-refractivity contribution in [3.63, 3.8) is 0 Å². The van der Waals surface area contributed by atoms with Crippen molar-refractivity contribution in [1.29, 1.82) is 0 Å². The minimum absolute atomic E-state index is 1.00. The van der Waals surface area contributed by atoms with Gasteiger partial charge in [0, 0.05) is 0 Å². The summed E-state index contributed by atoms with van der Waals surface area (Å²) in [4.78, 5) is 0. The molecule has 2 aliphatic rings. The molecule has 0 amide bonds. The molecule has 1 spiro atoms. The SMILES string of the molecule is C1CCC[N+]2(CC1)CCOCC2. The molecule has 0 unspecified atom stereocenters. The van der Waals surface area contributed by atoms with Crippen molar-refractivity contribution in [2.24, 2.45) is 0 Å². The fourth-order valence-corrected chi connectivity index (χ4v) is 2.54. The molecule has 2 saturated heterocycles. The summed E-state index contributed by atoms with van der Waals surface area (Å²) in [6, 6.07) is 0. The van der Waals surface area contributed by atoms with Crippen LogP contribution in [0.3, 0.4) is 0 Å². The summed E-state index contributed by atoms with van der Waals surface area (Å²) in [6.07, 6.45) is 5.81. The summed E-state index contributed by atoms with van der Waals surface area (Å²) < 4.78 is 6.80. The lowest BCUT2D eigenvalue weighted by molar-refractivity contribution is -0.934. The molecule has 2 rings (SSSR count). The van der Waals surface area contributed by atoms with Crippen molar-refractivity contribution in [1.82, 2.24) is 0 Å². The molecule has 0 bridgehead atoms. The number of rotatable bonds is 0. The third kappa shape index (κ3) is 1.80. The van der Waals surface area contributed by atoms with Crippen molar-refractivity contribution < 1.29 is 9.22 Å². The van der Waals surface area contributed by atoms with E-state index in [-0.39, 0.29) is 0 Å². The van der Waals surface area contributed by atoms with E-state index in [0.717, 1.165) is 13.2 Å². The van der Waals surface area contributed by atoms with Gasteiger partial charge in [-0.15, -0.1) is 0 Å². The molecular weight excluding hydrogens is 150 g/mol. The van der Waals surface area contributed by atoms with Crippen molar-refractivity contribution in [3.8, 4) is 0 Å². The van der Waals surface area contributed by atoms with Crippen molar-refractivity contribution in [2.45, 2.75) is 25.7 Å². The molecule has 2 heteroatoms. The van der Waals surface area contributed by atoms with Gasteiger partial charge in [0.1, 0.15) is 13.1 Å². The third-order valence-corrected chi connectivity index (χ3v) is 3.43. The van der Waals surface area contributed by atoms with E-state index in [0.29, 0.717) is 0 Å². The molecule has 0 aromatic carbocycles. The van der Waals surface area contributed by atoms with Crippen LogP contribution in [0, 0.1) is 0 Å². The average Bonchev–Trinajstić information content (AvgIpc) is 2.33. The average molecular weight is 170 g/mol. The molecular formula is C10H20NO+. The Morgan fingerprint density at radius 2 is 1.25 bits per heavy atom. The molecule has 0 atom stereocenters. The van der Waals surface area contributed by atoms with Crippen LogP contribution < -0.4 is 0 Å². The first-order valence-electron chi connectivity index (χ1n) is 5.34. The number of morpholine rings is 1. The van der Waals surface area contributed by atoms with E-state index in [2.05, 4.69) is 0 Å². The molecule has 0 N–H and O–H groups in total. The number of hydrogen-bond acceptors (Lipinski definition) is 1. The van der Waals surface area contributed by atoms with E-state index in [1.807, 2.05) is 0 Å². The highest BCUT2D eigenvalue weighted by Gasteiger charge is 2.30. The van der Waals surface area contributed by atoms with Crippen LogP contribution in [-0.4, -0.2) is 43.9 Å². The summed E-state index contributed by atoms with van der Waals surface area (Å²) in [7, 11) is 0. The molecule has 2 heterocycles. The second-order valence-electron chi connectivity index (χ2n) is 4.26. The second-order valence-corrected chi connectivity index (χ2v) is 4.26. The van der Waals surface area contributed by atoms with Gasteiger partial charge in [0.25, 0.3) is 0 Å². The maximum Gasteiger partial charge on any atom is 0.102 e. The zero-order valence-corrected chi connectivity index (χ0v) is 7.93. The number of ether oxygens (including phenoxy) is 1. The van der Waals surface area contributed by atoms with Gasteiger partial charge < -0.3 is 9.22 Å². The molecule has 0 aromatic heterocycles. The molecule has 0 aromatic rings. The Hall–Kier alpha value is -0.0800. The summed E-state index contributed by atoms with van der Waals surface area (Å²) >= 11 is 0. The highest BCUT2D eigenvalue weighted by atomic mass is 16.5. The fraction of sp³-hybridized carbons (Fsp3) is 1.00. The van der Waals surface area contributed by atoms with Crippen LogP contribution in [0.15, 0.2) is 0 Å². The third-order valence-electron chi connectivity index (χ3n) is 3.43. The van der Waals surface area contributed by atoms with Crippen molar-refractivity contribution in [2.75, 3.05) is 39.4 Å². The van der Waals surface area contributed by atoms with Crippen LogP contribution in [-0.2, 0) is 4.74 Å². The quantitative estimate of drug-likeness (QED) is 0.499. The van der Waals surface area contributed by atoms with E-state index in [9.17, 15) is 0 Å². The summed E-state index contributed by atoms with van der Waals surface area (Å²) in [5.41, 5.74) is 0. The van der Waals surface area contributed by atoms with Gasteiger partial charge in [-0.05, 0) is 25.7 Å². The van der Waals surface area contributed by atoms with Gasteiger partial charge in [0.05, 0.1) is 26.3 Å². The molecule has 12 heavy (non-hydrogen) atoms. The van der Waals surface area contributed by atoms with Gasteiger partial charge in [-0.25, -0.2) is 0 Å². The van der Waals surface area contributed by atoms with E-state index in [1.54, 1.807) is 0 Å². The van der Waals surface area contributed by atoms with Crippen LogP contribution in [0.1, 0.15) is 25.7 Å². The smallest absolute Gasteiger partial charge is 0.102 e. The zero-order valence-electron chi connectivity index (χ0n) is 7.93. The monoisotopic (exact) mass is 170 g/mol. The lowest BCUT2D eigenvalue weighted by Crippen LogP contribution is -2.55. The first-order valence-corrected chi connectivity index (χ1v) is 5.34. The fourth-order valence-electron chi connectivity index (χ4n) is 2.54. The summed E-state index contributed by atoms with van der Waals surface area (Å²) in [5, 5.41) is 0. The largest absolute Gasteiger partial charge is 0.370 e. The Bertz CT molecular complexity index is 131. The highest BCUT2D eigenvalue weighted by molar-refractivity contribution is 4.56. The maximum atomic E-state index is 5.42. The van der Waals surface area contributed by atoms with Crippen molar-refractivity contribution >= 4 is 0 Å². The first-order chi connectivity index (χ1) is 5.91. The van der Waals surface area contributed by atoms with Gasteiger partial charge in [0.15, 0.2) is 0 Å². The standard InChI is InChI=1S/C10H20NO/c1-2-4-6-11(5-3-1)7-9-12-10-8-11/h1-10H2/q+1. The Balaban J connectivity index is 1.95. The summed E-state index contributed by atoms with van der Waals surface area (Å²) in [6.45, 7) is 7.40. The molecule has 0 saturated carbocycles. The molecule has 2 nitrogen and oxygen atoms in total. The van der Waals surface area contributed by atoms with E-state index in [4.69, 9.17) is 4.74 Å². The predicted molar refractivity (Wildman–Crippen MR) is 49.0 cm³/mol. The van der Waals surface area contributed by atoms with Crippen molar-refractivity contribution in [3.05, 3.63) is 0 Å². The van der Waals surface area contributed by atoms with Gasteiger partial charge in [-0.2, -0.15) is 0 Å². The Morgan fingerprint density at radius 3 is 1.83 bits per heavy atom. The van der Waals surface area contributed by atoms with Gasteiger partial charge >= 0.3 is 0 Å². The Labute approximate surface area is 75.1 Å². The van der Waals surface area contributed by atoms with Gasteiger partial charge in [0.2, 0.25) is 0 Å². The minimum atomic E-state index is 1.00. The van der Waals surface area contributed by atoms with Crippen LogP contribution in [0.5, 0.6) is 0 Å². The zero-order chi connectivity index (χ0) is 8.28. The second kappa shape index (κ2) is 3.75. The molecule has 70 valence electrons. The lowest BCUT2D eigenvalue weighted by Gasteiger charge is -2.40. The maximum absolute atomic E-state index is 5.42. The summed E-state index contributed by atoms with van der Waals surface area (Å²) in [5.74, 6) is 0. The number of hydrogen-bond donors (Lipinski definition) is 0.